The summed E-state index contributed by atoms with van der Waals surface area (Å²) in [6, 6.07) is 7.53. The van der Waals surface area contributed by atoms with E-state index in [-0.39, 0.29) is 16.0 Å². The Morgan fingerprint density at radius 1 is 1.07 bits per heavy atom. The van der Waals surface area contributed by atoms with Crippen LogP contribution in [0.4, 0.5) is 0 Å². The van der Waals surface area contributed by atoms with Crippen molar-refractivity contribution in [2.24, 2.45) is 0 Å². The molecule has 11 heteroatoms. The predicted octanol–water partition coefficient (Wildman–Crippen LogP) is -0.00728. The number of fused-ring (bicyclic) bond motifs is 1. The number of sulfonamides is 1. The molecule has 3 heterocycles. The van der Waals surface area contributed by atoms with Gasteiger partial charge in [-0.05, 0) is 25.1 Å². The van der Waals surface area contributed by atoms with E-state index in [0.717, 1.165) is 5.69 Å². The first-order chi connectivity index (χ1) is 13.8. The molecule has 0 amide bonds. The molecule has 1 aliphatic heterocycles. The third kappa shape index (κ3) is 4.02. The van der Waals surface area contributed by atoms with Gasteiger partial charge in [-0.3, -0.25) is 14.7 Å². The van der Waals surface area contributed by atoms with Crippen LogP contribution < -0.4 is 11.3 Å². The van der Waals surface area contributed by atoms with E-state index < -0.39 is 15.8 Å². The third-order valence-electron chi connectivity index (χ3n) is 4.99. The number of piperazine rings is 1. The molecule has 0 spiro atoms. The van der Waals surface area contributed by atoms with E-state index in [4.69, 9.17) is 4.42 Å². The molecule has 0 saturated carbocycles. The van der Waals surface area contributed by atoms with Crippen LogP contribution in [0.3, 0.4) is 0 Å². The van der Waals surface area contributed by atoms with Crippen molar-refractivity contribution < 1.29 is 12.8 Å². The summed E-state index contributed by atoms with van der Waals surface area (Å²) in [5.41, 5.74) is 1.30. The Balaban J connectivity index is 1.40. The molecule has 1 aliphatic rings. The molecule has 0 aliphatic carbocycles. The van der Waals surface area contributed by atoms with Crippen molar-refractivity contribution in [1.82, 2.24) is 24.0 Å². The summed E-state index contributed by atoms with van der Waals surface area (Å²) in [5.74, 6) is -0.620. The third-order valence-corrected chi connectivity index (χ3v) is 6.88. The van der Waals surface area contributed by atoms with E-state index in [2.05, 4.69) is 15.0 Å². The fourth-order valence-corrected chi connectivity index (χ4v) is 4.81. The highest BCUT2D eigenvalue weighted by Crippen LogP contribution is 2.21. The van der Waals surface area contributed by atoms with E-state index in [1.54, 1.807) is 6.07 Å². The van der Waals surface area contributed by atoms with Crippen LogP contribution in [0.1, 0.15) is 5.69 Å². The molecule has 10 nitrogen and oxygen atoms in total. The maximum absolute atomic E-state index is 12.9. The number of H-pyrrole nitrogens is 1. The van der Waals surface area contributed by atoms with Crippen LogP contribution in [-0.4, -0.2) is 65.1 Å². The van der Waals surface area contributed by atoms with Gasteiger partial charge in [0.25, 0.3) is 5.56 Å². The van der Waals surface area contributed by atoms with Crippen LogP contribution in [0.25, 0.3) is 11.1 Å². The Hall–Kier alpha value is -2.76. The molecule has 3 aromatic rings. The van der Waals surface area contributed by atoms with Crippen molar-refractivity contribution in [3.8, 4) is 0 Å². The molecule has 0 atom stereocenters. The Kier molecular flexibility index (Phi) is 5.11. The average molecular weight is 419 g/mol. The summed E-state index contributed by atoms with van der Waals surface area (Å²) >= 11 is 0. The maximum Gasteiger partial charge on any atom is 0.417 e. The smallest absolute Gasteiger partial charge is 0.408 e. The molecule has 1 fully saturated rings. The molecule has 0 unspecified atom stereocenters. The van der Waals surface area contributed by atoms with Crippen molar-refractivity contribution in [3.63, 3.8) is 0 Å². The highest BCUT2D eigenvalue weighted by Gasteiger charge is 2.29. The molecular weight excluding hydrogens is 398 g/mol. The second-order valence-electron chi connectivity index (χ2n) is 6.95. The minimum absolute atomic E-state index is 0.0942. The van der Waals surface area contributed by atoms with Crippen molar-refractivity contribution in [2.45, 2.75) is 18.4 Å². The number of nitrogens with zero attached hydrogens (tertiary/aromatic N) is 4. The number of nitrogens with one attached hydrogen (secondary N) is 1. The molecule has 1 saturated heterocycles. The van der Waals surface area contributed by atoms with Crippen LogP contribution in [0, 0.1) is 6.92 Å². The fourth-order valence-electron chi connectivity index (χ4n) is 3.38. The lowest BCUT2D eigenvalue weighted by Gasteiger charge is -2.33. The summed E-state index contributed by atoms with van der Waals surface area (Å²) in [6.07, 6.45) is 0. The molecule has 1 aromatic carbocycles. The van der Waals surface area contributed by atoms with Gasteiger partial charge in [0, 0.05) is 44.9 Å². The van der Waals surface area contributed by atoms with Crippen LogP contribution in [-0.2, 0) is 16.6 Å². The van der Waals surface area contributed by atoms with Crippen LogP contribution in [0.15, 0.2) is 49.2 Å². The Morgan fingerprint density at radius 2 is 1.83 bits per heavy atom. The molecule has 1 N–H and O–H groups in total. The Morgan fingerprint density at radius 3 is 2.59 bits per heavy atom. The summed E-state index contributed by atoms with van der Waals surface area (Å²) in [6.45, 7) is 4.69. The van der Waals surface area contributed by atoms with Crippen molar-refractivity contribution >= 4 is 21.1 Å². The molecule has 4 rings (SSSR count). The molecule has 0 radical (unpaired) electrons. The van der Waals surface area contributed by atoms with Gasteiger partial charge in [-0.15, -0.1) is 0 Å². The summed E-state index contributed by atoms with van der Waals surface area (Å²) in [4.78, 5) is 27.8. The standard InChI is InChI=1S/C18H21N5O5S/c1-13-2-5-17(24)23(20-13)11-8-21-6-9-22(10-7-21)29(26,27)14-3-4-15-16(12-14)28-18(25)19-15/h2-5,12H,6-11H2,1H3,(H,19,25). The van der Waals surface area contributed by atoms with Crippen molar-refractivity contribution in [2.75, 3.05) is 32.7 Å². The van der Waals surface area contributed by atoms with Gasteiger partial charge in [-0.2, -0.15) is 9.40 Å². The lowest BCUT2D eigenvalue weighted by atomic mass is 10.3. The van der Waals surface area contributed by atoms with E-state index in [1.165, 1.54) is 33.3 Å². The summed E-state index contributed by atoms with van der Waals surface area (Å²) in [5, 5.41) is 4.22. The number of aryl methyl sites for hydroxylation is 1. The lowest BCUT2D eigenvalue weighted by Crippen LogP contribution is -2.49. The van der Waals surface area contributed by atoms with Gasteiger partial charge in [0.1, 0.15) is 0 Å². The van der Waals surface area contributed by atoms with E-state index >= 15 is 0 Å². The first kappa shape index (κ1) is 19.6. The maximum atomic E-state index is 12.9. The minimum Gasteiger partial charge on any atom is -0.408 e. The first-order valence-electron chi connectivity index (χ1n) is 9.23. The number of aromatic nitrogens is 3. The minimum atomic E-state index is -3.68. The molecule has 2 aromatic heterocycles. The molecule has 154 valence electrons. The number of rotatable bonds is 5. The second-order valence-corrected chi connectivity index (χ2v) is 8.89. The van der Waals surface area contributed by atoms with Gasteiger partial charge < -0.3 is 4.42 Å². The normalized spacial score (nSPS) is 16.4. The van der Waals surface area contributed by atoms with Gasteiger partial charge in [0.2, 0.25) is 10.0 Å². The SMILES string of the molecule is Cc1ccc(=O)n(CCN2CCN(S(=O)(=O)c3ccc4[nH]c(=O)oc4c3)CC2)n1. The van der Waals surface area contributed by atoms with Gasteiger partial charge in [-0.1, -0.05) is 0 Å². The second kappa shape index (κ2) is 7.58. The Bertz CT molecular complexity index is 1250. The van der Waals surface area contributed by atoms with E-state index in [9.17, 15) is 18.0 Å². The summed E-state index contributed by atoms with van der Waals surface area (Å²) in [7, 11) is -3.68. The van der Waals surface area contributed by atoms with Gasteiger partial charge >= 0.3 is 5.76 Å². The first-order valence-corrected chi connectivity index (χ1v) is 10.7. The van der Waals surface area contributed by atoms with E-state index in [1.807, 2.05) is 6.92 Å². The largest absolute Gasteiger partial charge is 0.417 e. The predicted molar refractivity (Wildman–Crippen MR) is 105 cm³/mol. The topological polar surface area (TPSA) is 122 Å². The van der Waals surface area contributed by atoms with E-state index in [0.29, 0.717) is 44.8 Å². The summed E-state index contributed by atoms with van der Waals surface area (Å²) < 4.78 is 33.7. The van der Waals surface area contributed by atoms with Crippen molar-refractivity contribution in [3.05, 3.63) is 56.9 Å². The molecular formula is C18H21N5O5S. The fraction of sp³-hybridized carbons (Fsp3) is 0.389. The quantitative estimate of drug-likeness (QED) is 0.617. The highest BCUT2D eigenvalue weighted by atomic mass is 32.2. The lowest BCUT2D eigenvalue weighted by molar-refractivity contribution is 0.180. The zero-order valence-electron chi connectivity index (χ0n) is 15.9. The van der Waals surface area contributed by atoms with Gasteiger partial charge in [0.05, 0.1) is 22.7 Å². The van der Waals surface area contributed by atoms with Crippen LogP contribution >= 0.6 is 0 Å². The van der Waals surface area contributed by atoms with Crippen molar-refractivity contribution in [1.29, 1.82) is 0 Å². The molecule has 29 heavy (non-hydrogen) atoms. The number of oxazole rings is 1. The zero-order chi connectivity index (χ0) is 20.6. The number of aromatic amines is 1. The Labute approximate surface area is 166 Å². The highest BCUT2D eigenvalue weighted by molar-refractivity contribution is 7.89. The molecule has 0 bridgehead atoms. The van der Waals surface area contributed by atoms with Crippen LogP contribution in [0.2, 0.25) is 0 Å². The monoisotopic (exact) mass is 419 g/mol. The zero-order valence-corrected chi connectivity index (χ0v) is 16.7. The van der Waals surface area contributed by atoms with Gasteiger partial charge in [-0.25, -0.2) is 17.9 Å². The number of hydrogen-bond donors (Lipinski definition) is 1. The number of hydrogen-bond acceptors (Lipinski definition) is 7. The average Bonchev–Trinajstić information content (AvgIpc) is 3.08. The number of benzene rings is 1. The van der Waals surface area contributed by atoms with Gasteiger partial charge in [0.15, 0.2) is 5.58 Å². The van der Waals surface area contributed by atoms with Crippen LogP contribution in [0.5, 0.6) is 0 Å².